The lowest BCUT2D eigenvalue weighted by molar-refractivity contribution is -0.114. The number of nitrogens with two attached hydrogens (primary N) is 1. The summed E-state index contributed by atoms with van der Waals surface area (Å²) in [5, 5.41) is 2.73. The second kappa shape index (κ2) is 7.32. The van der Waals surface area contributed by atoms with Gasteiger partial charge in [0.05, 0.1) is 11.2 Å². The molecule has 2 heterocycles. The molecule has 1 aromatic carbocycles. The highest BCUT2D eigenvalue weighted by Gasteiger charge is 2.13. The summed E-state index contributed by atoms with van der Waals surface area (Å²) in [5.41, 5.74) is 9.13. The number of nitrogens with zero attached hydrogens (tertiary/aromatic N) is 3. The molecule has 3 rings (SSSR count). The first-order valence-corrected chi connectivity index (χ1v) is 7.98. The van der Waals surface area contributed by atoms with E-state index in [1.807, 2.05) is 36.4 Å². The van der Waals surface area contributed by atoms with Gasteiger partial charge in [0.1, 0.15) is 0 Å². The summed E-state index contributed by atoms with van der Waals surface area (Å²) in [5.74, 6) is 0.244. The van der Waals surface area contributed by atoms with E-state index >= 15 is 0 Å². The van der Waals surface area contributed by atoms with Crippen molar-refractivity contribution in [1.29, 1.82) is 0 Å². The highest BCUT2D eigenvalue weighted by atomic mass is 16.7. The number of hydrogen-bond donors (Lipinski definition) is 2. The maximum Gasteiger partial charge on any atom is 0.247 e. The highest BCUT2D eigenvalue weighted by Crippen LogP contribution is 2.27. The van der Waals surface area contributed by atoms with E-state index in [-0.39, 0.29) is 17.7 Å². The van der Waals surface area contributed by atoms with Gasteiger partial charge in [0.15, 0.2) is 11.8 Å². The van der Waals surface area contributed by atoms with Gasteiger partial charge in [0.2, 0.25) is 17.7 Å². The molecule has 1 atom stereocenters. The topological polar surface area (TPSA) is 112 Å². The third kappa shape index (κ3) is 3.86. The van der Waals surface area contributed by atoms with E-state index in [0.717, 1.165) is 16.9 Å². The lowest BCUT2D eigenvalue weighted by Gasteiger charge is -2.13. The van der Waals surface area contributed by atoms with Gasteiger partial charge in [-0.3, -0.25) is 4.79 Å². The van der Waals surface area contributed by atoms with Crippen LogP contribution in [-0.4, -0.2) is 34.3 Å². The van der Waals surface area contributed by atoms with Crippen molar-refractivity contribution >= 4 is 28.6 Å². The molecule has 0 saturated carbocycles. The van der Waals surface area contributed by atoms with Crippen LogP contribution in [0, 0.1) is 0 Å². The normalized spacial score (nSPS) is 12.0. The van der Waals surface area contributed by atoms with E-state index in [2.05, 4.69) is 20.3 Å². The van der Waals surface area contributed by atoms with Crippen LogP contribution in [0.5, 0.6) is 5.88 Å². The summed E-state index contributed by atoms with van der Waals surface area (Å²) in [6.07, 6.45) is -0.505. The molecule has 26 heavy (non-hydrogen) atoms. The van der Waals surface area contributed by atoms with Crippen LogP contribution in [-0.2, 0) is 9.53 Å². The summed E-state index contributed by atoms with van der Waals surface area (Å²) in [7, 11) is 1.53. The molecule has 0 bridgehead atoms. The molecular weight excluding hydrogens is 334 g/mol. The van der Waals surface area contributed by atoms with Gasteiger partial charge in [-0.15, -0.1) is 0 Å². The van der Waals surface area contributed by atoms with Gasteiger partial charge < -0.3 is 20.5 Å². The lowest BCUT2D eigenvalue weighted by atomic mass is 10.1. The van der Waals surface area contributed by atoms with E-state index in [4.69, 9.17) is 15.2 Å². The molecule has 0 saturated heterocycles. The van der Waals surface area contributed by atoms with Crippen molar-refractivity contribution in [2.75, 3.05) is 18.2 Å². The van der Waals surface area contributed by atoms with Crippen molar-refractivity contribution in [3.05, 3.63) is 36.4 Å². The van der Waals surface area contributed by atoms with Gasteiger partial charge in [-0.25, -0.2) is 9.97 Å². The molecule has 0 aliphatic rings. The van der Waals surface area contributed by atoms with E-state index in [0.29, 0.717) is 11.0 Å². The maximum atomic E-state index is 11.1. The third-order valence-electron chi connectivity index (χ3n) is 3.64. The Labute approximate surface area is 150 Å². The van der Waals surface area contributed by atoms with Crippen LogP contribution in [0.3, 0.4) is 0 Å². The Bertz CT molecular complexity index is 943. The SMILES string of the molecule is COC(C)Oc1nc(N)nc2ccc(-c3ccc(NC(C)=O)cc3)nc12. The monoisotopic (exact) mass is 353 g/mol. The maximum absolute atomic E-state index is 11.1. The van der Waals surface area contributed by atoms with Gasteiger partial charge in [-0.05, 0) is 31.2 Å². The van der Waals surface area contributed by atoms with Crippen LogP contribution in [0.2, 0.25) is 0 Å². The number of nitrogens with one attached hydrogen (secondary N) is 1. The minimum atomic E-state index is -0.505. The summed E-state index contributed by atoms with van der Waals surface area (Å²) in [4.78, 5) is 24.0. The van der Waals surface area contributed by atoms with E-state index in [1.165, 1.54) is 14.0 Å². The van der Waals surface area contributed by atoms with Crippen molar-refractivity contribution in [2.24, 2.45) is 0 Å². The van der Waals surface area contributed by atoms with Gasteiger partial charge in [-0.2, -0.15) is 4.98 Å². The zero-order valence-electron chi connectivity index (χ0n) is 14.7. The van der Waals surface area contributed by atoms with E-state index in [9.17, 15) is 4.79 Å². The smallest absolute Gasteiger partial charge is 0.247 e. The number of nitrogen functional groups attached to an aromatic ring is 1. The predicted molar refractivity (Wildman–Crippen MR) is 98.6 cm³/mol. The second-order valence-electron chi connectivity index (χ2n) is 5.63. The van der Waals surface area contributed by atoms with Crippen LogP contribution in [0.15, 0.2) is 36.4 Å². The highest BCUT2D eigenvalue weighted by molar-refractivity contribution is 5.89. The van der Waals surface area contributed by atoms with Crippen molar-refractivity contribution in [2.45, 2.75) is 20.1 Å². The Morgan fingerprint density at radius 2 is 1.85 bits per heavy atom. The number of amides is 1. The fourth-order valence-corrected chi connectivity index (χ4v) is 2.38. The molecule has 1 unspecified atom stereocenters. The fourth-order valence-electron chi connectivity index (χ4n) is 2.38. The number of carbonyl (C=O) groups excluding carboxylic acids is 1. The Kier molecular flexibility index (Phi) is 4.94. The number of methoxy groups -OCH3 is 1. The quantitative estimate of drug-likeness (QED) is 0.678. The van der Waals surface area contributed by atoms with Crippen LogP contribution < -0.4 is 15.8 Å². The Morgan fingerprint density at radius 1 is 1.12 bits per heavy atom. The van der Waals surface area contributed by atoms with Crippen LogP contribution in [0.25, 0.3) is 22.3 Å². The van der Waals surface area contributed by atoms with Crippen molar-refractivity contribution in [1.82, 2.24) is 15.0 Å². The number of rotatable bonds is 5. The number of carbonyl (C=O) groups is 1. The van der Waals surface area contributed by atoms with E-state index in [1.54, 1.807) is 6.92 Å². The minimum Gasteiger partial charge on any atom is -0.446 e. The van der Waals surface area contributed by atoms with Crippen LogP contribution >= 0.6 is 0 Å². The molecule has 0 aliphatic carbocycles. The largest absolute Gasteiger partial charge is 0.446 e. The summed E-state index contributed by atoms with van der Waals surface area (Å²) >= 11 is 0. The predicted octanol–water partition coefficient (Wildman–Crippen LogP) is 2.60. The molecule has 1 amide bonds. The molecule has 3 N–H and O–H groups in total. The second-order valence-corrected chi connectivity index (χ2v) is 5.63. The summed E-state index contributed by atoms with van der Waals surface area (Å²) in [6, 6.07) is 11.0. The number of benzene rings is 1. The molecular formula is C18H19N5O3. The van der Waals surface area contributed by atoms with Crippen molar-refractivity contribution in [3.8, 4) is 17.1 Å². The standard InChI is InChI=1S/C18H19N5O3/c1-10(24)20-13-6-4-12(5-7-13)14-8-9-15-16(21-14)17(23-18(19)22-15)26-11(2)25-3/h4-9,11H,1-3H3,(H,20,24)(H2,19,22,23). The zero-order chi connectivity index (χ0) is 18.7. The summed E-state index contributed by atoms with van der Waals surface area (Å²) in [6.45, 7) is 3.21. The molecule has 134 valence electrons. The molecule has 8 nitrogen and oxygen atoms in total. The molecule has 0 aliphatic heterocycles. The molecule has 0 spiro atoms. The van der Waals surface area contributed by atoms with E-state index < -0.39 is 6.29 Å². The number of ether oxygens (including phenoxy) is 2. The first-order chi connectivity index (χ1) is 12.5. The number of hydrogen-bond acceptors (Lipinski definition) is 7. The lowest BCUT2D eigenvalue weighted by Crippen LogP contribution is -2.15. The van der Waals surface area contributed by atoms with Gasteiger partial charge >= 0.3 is 0 Å². The minimum absolute atomic E-state index is 0.102. The van der Waals surface area contributed by atoms with Crippen LogP contribution in [0.1, 0.15) is 13.8 Å². The van der Waals surface area contributed by atoms with Gasteiger partial charge in [0.25, 0.3) is 0 Å². The number of fused-ring (bicyclic) bond motifs is 1. The number of pyridine rings is 1. The fraction of sp³-hybridized carbons (Fsp3) is 0.222. The molecule has 8 heteroatoms. The van der Waals surface area contributed by atoms with Gasteiger partial charge in [-0.1, -0.05) is 12.1 Å². The first-order valence-electron chi connectivity index (χ1n) is 7.98. The van der Waals surface area contributed by atoms with Crippen molar-refractivity contribution in [3.63, 3.8) is 0 Å². The van der Waals surface area contributed by atoms with Crippen LogP contribution in [0.4, 0.5) is 11.6 Å². The Balaban J connectivity index is 2.01. The summed E-state index contributed by atoms with van der Waals surface area (Å²) < 4.78 is 10.8. The number of anilines is 2. The Hall–Kier alpha value is -3.26. The average Bonchev–Trinajstić information content (AvgIpc) is 2.61. The third-order valence-corrected chi connectivity index (χ3v) is 3.64. The average molecular weight is 353 g/mol. The molecule has 0 fully saturated rings. The zero-order valence-corrected chi connectivity index (χ0v) is 14.7. The molecule has 2 aromatic heterocycles. The molecule has 3 aromatic rings. The number of aromatic nitrogens is 3. The first kappa shape index (κ1) is 17.6. The molecule has 0 radical (unpaired) electrons. The van der Waals surface area contributed by atoms with Crippen molar-refractivity contribution < 1.29 is 14.3 Å². The Morgan fingerprint density at radius 3 is 2.50 bits per heavy atom. The van der Waals surface area contributed by atoms with Gasteiger partial charge in [0, 0.05) is 25.3 Å².